The summed E-state index contributed by atoms with van der Waals surface area (Å²) in [6, 6.07) is 0. The third-order valence-corrected chi connectivity index (χ3v) is 1.38. The molecule has 0 bridgehead atoms. The summed E-state index contributed by atoms with van der Waals surface area (Å²) in [5.74, 6) is -5.03. The number of rotatable bonds is 3. The van der Waals surface area contributed by atoms with E-state index in [1.54, 1.807) is 0 Å². The van der Waals surface area contributed by atoms with Gasteiger partial charge in [0.05, 0.1) is 6.10 Å². The Balaban J connectivity index is 4.41. The normalized spacial score (nSPS) is 13.9. The van der Waals surface area contributed by atoms with Crippen LogP contribution in [0.2, 0.25) is 0 Å². The van der Waals surface area contributed by atoms with Gasteiger partial charge in [0.25, 0.3) is 0 Å². The maximum Gasteiger partial charge on any atom is 0.450 e. The third kappa shape index (κ3) is 3.76. The molecular weight excluding hydrogens is 201 g/mol. The van der Waals surface area contributed by atoms with Crippen LogP contribution in [-0.2, 0) is 14.3 Å². The highest BCUT2D eigenvalue weighted by molar-refractivity contribution is 6.01. The Hall–Kier alpha value is -1.07. The molecular formula is C8H11F3O3. The lowest BCUT2D eigenvalue weighted by atomic mass is 10.1. The predicted molar refractivity (Wildman–Crippen MR) is 41.5 cm³/mol. The first-order valence-corrected chi connectivity index (χ1v) is 3.97. The molecule has 82 valence electrons. The number of ketones is 1. The molecule has 1 atom stereocenters. The first-order chi connectivity index (χ1) is 6.16. The molecule has 0 rings (SSSR count). The van der Waals surface area contributed by atoms with E-state index in [1.807, 2.05) is 0 Å². The van der Waals surface area contributed by atoms with Crippen LogP contribution >= 0.6 is 0 Å². The minimum atomic E-state index is -4.99. The van der Waals surface area contributed by atoms with Gasteiger partial charge in [-0.05, 0) is 20.8 Å². The second kappa shape index (κ2) is 4.43. The van der Waals surface area contributed by atoms with E-state index in [0.717, 1.165) is 6.92 Å². The summed E-state index contributed by atoms with van der Waals surface area (Å²) in [5, 5.41) is 0. The van der Waals surface area contributed by atoms with Crippen molar-refractivity contribution in [3.05, 3.63) is 0 Å². The van der Waals surface area contributed by atoms with Gasteiger partial charge < -0.3 is 4.74 Å². The second-order valence-electron chi connectivity index (χ2n) is 3.07. The Labute approximate surface area is 79.2 Å². The molecule has 0 aromatic rings. The molecule has 14 heavy (non-hydrogen) atoms. The third-order valence-electron chi connectivity index (χ3n) is 1.38. The van der Waals surface area contributed by atoms with E-state index >= 15 is 0 Å². The monoisotopic (exact) mass is 212 g/mol. The van der Waals surface area contributed by atoms with Gasteiger partial charge in [-0.1, -0.05) is 0 Å². The highest BCUT2D eigenvalue weighted by atomic mass is 19.4. The van der Waals surface area contributed by atoms with Crippen molar-refractivity contribution in [1.82, 2.24) is 0 Å². The van der Waals surface area contributed by atoms with Crippen LogP contribution in [-0.4, -0.2) is 24.0 Å². The van der Waals surface area contributed by atoms with Crippen LogP contribution in [0.1, 0.15) is 20.8 Å². The van der Waals surface area contributed by atoms with Crippen molar-refractivity contribution in [1.29, 1.82) is 0 Å². The molecule has 0 amide bonds. The fourth-order valence-corrected chi connectivity index (χ4v) is 0.687. The van der Waals surface area contributed by atoms with Crippen molar-refractivity contribution in [3.8, 4) is 0 Å². The van der Waals surface area contributed by atoms with Gasteiger partial charge in [-0.15, -0.1) is 0 Å². The minimum absolute atomic E-state index is 0.536. The Morgan fingerprint density at radius 1 is 1.14 bits per heavy atom. The summed E-state index contributed by atoms with van der Waals surface area (Å²) in [6.07, 6.45) is -5.53. The maximum atomic E-state index is 11.8. The molecule has 0 aliphatic heterocycles. The molecule has 0 radical (unpaired) electrons. The number of Topliss-reactive ketones (excluding diaryl/α,β-unsaturated/α-hetero) is 1. The largest absolute Gasteiger partial charge is 0.462 e. The highest BCUT2D eigenvalue weighted by Crippen LogP contribution is 2.21. The van der Waals surface area contributed by atoms with Crippen molar-refractivity contribution >= 4 is 11.8 Å². The summed E-state index contributed by atoms with van der Waals surface area (Å²) in [6.45, 7) is 3.85. The lowest BCUT2D eigenvalue weighted by Crippen LogP contribution is -2.35. The predicted octanol–water partition coefficient (Wildman–Crippen LogP) is 1.71. The fourth-order valence-electron chi connectivity index (χ4n) is 0.687. The zero-order valence-corrected chi connectivity index (χ0v) is 8.01. The molecule has 0 fully saturated rings. The number of hydrogen-bond donors (Lipinski definition) is 0. The lowest BCUT2D eigenvalue weighted by Gasteiger charge is -2.14. The van der Waals surface area contributed by atoms with Gasteiger partial charge in [0.15, 0.2) is 0 Å². The second-order valence-corrected chi connectivity index (χ2v) is 3.07. The molecule has 0 saturated carbocycles. The Bertz CT molecular complexity index is 232. The van der Waals surface area contributed by atoms with Crippen molar-refractivity contribution in [2.45, 2.75) is 33.1 Å². The summed E-state index contributed by atoms with van der Waals surface area (Å²) in [5.41, 5.74) is 0. The lowest BCUT2D eigenvalue weighted by molar-refractivity contribution is -0.181. The SMILES string of the molecule is CC(C)OC(=O)C(C)C(=O)C(F)(F)F. The van der Waals surface area contributed by atoms with Gasteiger partial charge in [-0.3, -0.25) is 9.59 Å². The standard InChI is InChI=1S/C8H11F3O3/c1-4(2)14-7(13)5(3)6(12)8(9,10)11/h4-5H,1-3H3. The van der Waals surface area contributed by atoms with E-state index in [9.17, 15) is 22.8 Å². The molecule has 0 saturated heterocycles. The molecule has 0 heterocycles. The van der Waals surface area contributed by atoms with E-state index in [0.29, 0.717) is 0 Å². The number of ether oxygens (including phenoxy) is 1. The quantitative estimate of drug-likeness (QED) is 0.528. The molecule has 0 aliphatic rings. The topological polar surface area (TPSA) is 43.4 Å². The zero-order chi connectivity index (χ0) is 11.5. The van der Waals surface area contributed by atoms with Gasteiger partial charge >= 0.3 is 12.1 Å². The van der Waals surface area contributed by atoms with Crippen LogP contribution in [0, 0.1) is 5.92 Å². The zero-order valence-electron chi connectivity index (χ0n) is 8.01. The summed E-state index contributed by atoms with van der Waals surface area (Å²) >= 11 is 0. The molecule has 3 nitrogen and oxygen atoms in total. The molecule has 0 aromatic heterocycles. The van der Waals surface area contributed by atoms with E-state index in [-0.39, 0.29) is 0 Å². The Morgan fingerprint density at radius 2 is 1.57 bits per heavy atom. The number of carbonyl (C=O) groups excluding carboxylic acids is 2. The van der Waals surface area contributed by atoms with Crippen molar-refractivity contribution in [3.63, 3.8) is 0 Å². The van der Waals surface area contributed by atoms with Crippen molar-refractivity contribution in [2.24, 2.45) is 5.92 Å². The first kappa shape index (κ1) is 12.9. The van der Waals surface area contributed by atoms with E-state index < -0.39 is 30.0 Å². The van der Waals surface area contributed by atoms with Crippen LogP contribution < -0.4 is 0 Å². The molecule has 0 aromatic carbocycles. The van der Waals surface area contributed by atoms with E-state index in [4.69, 9.17) is 0 Å². The van der Waals surface area contributed by atoms with Gasteiger partial charge in [0, 0.05) is 0 Å². The van der Waals surface area contributed by atoms with Crippen LogP contribution in [0.15, 0.2) is 0 Å². The number of esters is 1. The smallest absolute Gasteiger partial charge is 0.450 e. The number of hydrogen-bond acceptors (Lipinski definition) is 3. The number of alkyl halides is 3. The van der Waals surface area contributed by atoms with Gasteiger partial charge in [-0.2, -0.15) is 13.2 Å². The molecule has 6 heteroatoms. The number of carbonyl (C=O) groups is 2. The molecule has 0 N–H and O–H groups in total. The maximum absolute atomic E-state index is 11.8. The summed E-state index contributed by atoms with van der Waals surface area (Å²) < 4.78 is 40.0. The van der Waals surface area contributed by atoms with Gasteiger partial charge in [-0.25, -0.2) is 0 Å². The number of halogens is 3. The van der Waals surface area contributed by atoms with Gasteiger partial charge in [0.1, 0.15) is 5.92 Å². The average molecular weight is 212 g/mol. The summed E-state index contributed by atoms with van der Waals surface area (Å²) in [7, 11) is 0. The molecule has 0 aliphatic carbocycles. The Kier molecular flexibility index (Phi) is 4.09. The summed E-state index contributed by atoms with van der Waals surface area (Å²) in [4.78, 5) is 21.5. The average Bonchev–Trinajstić information content (AvgIpc) is 1.98. The van der Waals surface area contributed by atoms with Gasteiger partial charge in [0.2, 0.25) is 5.78 Å². The fraction of sp³-hybridized carbons (Fsp3) is 0.750. The van der Waals surface area contributed by atoms with Crippen LogP contribution in [0.25, 0.3) is 0 Å². The van der Waals surface area contributed by atoms with E-state index in [1.165, 1.54) is 13.8 Å². The van der Waals surface area contributed by atoms with E-state index in [2.05, 4.69) is 4.74 Å². The minimum Gasteiger partial charge on any atom is -0.462 e. The molecule has 0 spiro atoms. The Morgan fingerprint density at radius 3 is 1.86 bits per heavy atom. The van der Waals surface area contributed by atoms with Crippen molar-refractivity contribution in [2.75, 3.05) is 0 Å². The van der Waals surface area contributed by atoms with Crippen molar-refractivity contribution < 1.29 is 27.5 Å². The molecule has 1 unspecified atom stereocenters. The first-order valence-electron chi connectivity index (χ1n) is 3.97. The van der Waals surface area contributed by atoms with Crippen LogP contribution in [0.3, 0.4) is 0 Å². The van der Waals surface area contributed by atoms with Crippen LogP contribution in [0.5, 0.6) is 0 Å². The van der Waals surface area contributed by atoms with Crippen LogP contribution in [0.4, 0.5) is 13.2 Å². The highest BCUT2D eigenvalue weighted by Gasteiger charge is 2.44.